The number of aromatic nitrogens is 1. The summed E-state index contributed by atoms with van der Waals surface area (Å²) in [6.07, 6.45) is 4.23. The molecule has 3 aromatic rings. The lowest BCUT2D eigenvalue weighted by Crippen LogP contribution is -2.48. The first kappa shape index (κ1) is 20.4. The highest BCUT2D eigenvalue weighted by Crippen LogP contribution is 2.23. The second kappa shape index (κ2) is 9.26. The molecule has 4 rings (SSSR count). The first-order valence-electron chi connectivity index (χ1n) is 9.38. The van der Waals surface area contributed by atoms with Crippen LogP contribution in [0.5, 0.6) is 0 Å². The van der Waals surface area contributed by atoms with Gasteiger partial charge in [0.15, 0.2) is 0 Å². The van der Waals surface area contributed by atoms with Crippen LogP contribution in [0.25, 0.3) is 10.9 Å². The van der Waals surface area contributed by atoms with Gasteiger partial charge in [-0.15, -0.1) is 12.4 Å². The molecule has 2 atom stereocenters. The molecule has 0 spiro atoms. The Bertz CT molecular complexity index is 963. The minimum atomic E-state index is -0.0809. The summed E-state index contributed by atoms with van der Waals surface area (Å²) in [5.41, 5.74) is 1.56. The number of benzene rings is 2. The van der Waals surface area contributed by atoms with E-state index in [1.165, 1.54) is 0 Å². The summed E-state index contributed by atoms with van der Waals surface area (Å²) >= 11 is 6.01. The minimum absolute atomic E-state index is 0. The zero-order valence-corrected chi connectivity index (χ0v) is 17.0. The Morgan fingerprint density at radius 2 is 1.75 bits per heavy atom. The zero-order chi connectivity index (χ0) is 18.6. The number of nitrogens with one attached hydrogen (secondary N) is 2. The Kier molecular flexibility index (Phi) is 6.76. The Morgan fingerprint density at radius 3 is 2.57 bits per heavy atom. The Morgan fingerprint density at radius 1 is 0.964 bits per heavy atom. The van der Waals surface area contributed by atoms with Crippen molar-refractivity contribution in [2.75, 3.05) is 5.32 Å². The number of anilines is 1. The zero-order valence-electron chi connectivity index (χ0n) is 15.4. The van der Waals surface area contributed by atoms with Crippen molar-refractivity contribution >= 4 is 46.6 Å². The second-order valence-electron chi connectivity index (χ2n) is 7.01. The van der Waals surface area contributed by atoms with E-state index in [0.717, 1.165) is 42.4 Å². The van der Waals surface area contributed by atoms with Crippen LogP contribution in [-0.4, -0.2) is 23.0 Å². The number of carbonyl (C=O) groups is 1. The molecular formula is C22H23Cl2N3O. The molecule has 1 aromatic heterocycles. The van der Waals surface area contributed by atoms with Crippen LogP contribution >= 0.6 is 24.0 Å². The molecule has 28 heavy (non-hydrogen) atoms. The molecule has 146 valence electrons. The van der Waals surface area contributed by atoms with Gasteiger partial charge in [0.1, 0.15) is 5.82 Å². The van der Waals surface area contributed by atoms with Crippen LogP contribution in [0, 0.1) is 0 Å². The van der Waals surface area contributed by atoms with Gasteiger partial charge in [0.05, 0.1) is 5.52 Å². The molecular weight excluding hydrogens is 393 g/mol. The van der Waals surface area contributed by atoms with Crippen LogP contribution in [-0.2, 0) is 0 Å². The molecule has 2 N–H and O–H groups in total. The Hall–Kier alpha value is -2.30. The van der Waals surface area contributed by atoms with Crippen LogP contribution in [0.4, 0.5) is 5.82 Å². The highest BCUT2D eigenvalue weighted by Gasteiger charge is 2.27. The molecule has 1 heterocycles. The lowest BCUT2D eigenvalue weighted by molar-refractivity contribution is 0.0923. The standard InChI is InChI=1S/C22H22ClN3O.ClH/c23-17-8-5-7-16(14-17)22(27)26-20-11-4-3-10-19(20)25-21-13-12-15-6-1-2-9-18(15)24-21;/h1-2,5-9,12-14,19-20H,3-4,10-11H2,(H,24,25)(H,26,27);1H. The number of nitrogens with zero attached hydrogens (tertiary/aromatic N) is 1. The number of hydrogen-bond acceptors (Lipinski definition) is 3. The van der Waals surface area contributed by atoms with E-state index in [9.17, 15) is 4.79 Å². The molecule has 6 heteroatoms. The van der Waals surface area contributed by atoms with Crippen molar-refractivity contribution in [3.63, 3.8) is 0 Å². The monoisotopic (exact) mass is 415 g/mol. The maximum Gasteiger partial charge on any atom is 0.251 e. The van der Waals surface area contributed by atoms with E-state index < -0.39 is 0 Å². The van der Waals surface area contributed by atoms with Gasteiger partial charge in [-0.3, -0.25) is 4.79 Å². The van der Waals surface area contributed by atoms with E-state index in [2.05, 4.69) is 22.8 Å². The van der Waals surface area contributed by atoms with Crippen molar-refractivity contribution in [3.8, 4) is 0 Å². The first-order valence-corrected chi connectivity index (χ1v) is 9.75. The van der Waals surface area contributed by atoms with Gasteiger partial charge in [-0.2, -0.15) is 0 Å². The van der Waals surface area contributed by atoms with Gasteiger partial charge < -0.3 is 10.6 Å². The predicted molar refractivity (Wildman–Crippen MR) is 118 cm³/mol. The number of para-hydroxylation sites is 1. The van der Waals surface area contributed by atoms with E-state index in [1.54, 1.807) is 24.3 Å². The average Bonchev–Trinajstić information content (AvgIpc) is 2.69. The predicted octanol–water partition coefficient (Wildman–Crippen LogP) is 5.46. The fourth-order valence-corrected chi connectivity index (χ4v) is 3.88. The first-order chi connectivity index (χ1) is 13.2. The maximum atomic E-state index is 12.6. The van der Waals surface area contributed by atoms with Crippen LogP contribution in [0.1, 0.15) is 36.0 Å². The van der Waals surface area contributed by atoms with E-state index in [-0.39, 0.29) is 30.4 Å². The van der Waals surface area contributed by atoms with Crippen molar-refractivity contribution in [3.05, 3.63) is 71.2 Å². The van der Waals surface area contributed by atoms with E-state index in [4.69, 9.17) is 16.6 Å². The number of pyridine rings is 1. The molecule has 1 aliphatic rings. The Balaban J connectivity index is 0.00000225. The smallest absolute Gasteiger partial charge is 0.251 e. The van der Waals surface area contributed by atoms with Crippen molar-refractivity contribution in [1.29, 1.82) is 0 Å². The largest absolute Gasteiger partial charge is 0.365 e. The molecule has 1 amide bonds. The van der Waals surface area contributed by atoms with Gasteiger partial charge in [0.25, 0.3) is 5.91 Å². The number of carbonyl (C=O) groups excluding carboxylic acids is 1. The number of halogens is 2. The van der Waals surface area contributed by atoms with Gasteiger partial charge in [0.2, 0.25) is 0 Å². The van der Waals surface area contributed by atoms with E-state index in [0.29, 0.717) is 10.6 Å². The molecule has 0 saturated heterocycles. The van der Waals surface area contributed by atoms with Crippen molar-refractivity contribution in [2.24, 2.45) is 0 Å². The van der Waals surface area contributed by atoms with E-state index in [1.807, 2.05) is 24.3 Å². The summed E-state index contributed by atoms with van der Waals surface area (Å²) < 4.78 is 0. The lowest BCUT2D eigenvalue weighted by Gasteiger charge is -2.33. The van der Waals surface area contributed by atoms with Crippen LogP contribution in [0.15, 0.2) is 60.7 Å². The third-order valence-electron chi connectivity index (χ3n) is 5.10. The fourth-order valence-electron chi connectivity index (χ4n) is 3.69. The summed E-state index contributed by atoms with van der Waals surface area (Å²) in [5, 5.41) is 8.41. The average molecular weight is 416 g/mol. The quantitative estimate of drug-likeness (QED) is 0.594. The molecule has 4 nitrogen and oxygen atoms in total. The normalized spacial score (nSPS) is 18.9. The number of hydrogen-bond donors (Lipinski definition) is 2. The summed E-state index contributed by atoms with van der Waals surface area (Å²) in [4.78, 5) is 17.3. The summed E-state index contributed by atoms with van der Waals surface area (Å²) in [7, 11) is 0. The lowest BCUT2D eigenvalue weighted by atomic mass is 9.90. The summed E-state index contributed by atoms with van der Waals surface area (Å²) in [6.45, 7) is 0. The van der Waals surface area contributed by atoms with Gasteiger partial charge in [-0.1, -0.05) is 48.7 Å². The van der Waals surface area contributed by atoms with Crippen LogP contribution in [0.3, 0.4) is 0 Å². The fraction of sp³-hybridized carbons (Fsp3) is 0.273. The molecule has 0 aliphatic heterocycles. The number of amides is 1. The molecule has 2 aromatic carbocycles. The van der Waals surface area contributed by atoms with Crippen LogP contribution < -0.4 is 10.6 Å². The Labute approximate surface area is 176 Å². The van der Waals surface area contributed by atoms with Crippen molar-refractivity contribution < 1.29 is 4.79 Å². The summed E-state index contributed by atoms with van der Waals surface area (Å²) in [5.74, 6) is 0.769. The molecule has 0 radical (unpaired) electrons. The van der Waals surface area contributed by atoms with Gasteiger partial charge in [0, 0.05) is 28.1 Å². The molecule has 1 aliphatic carbocycles. The third-order valence-corrected chi connectivity index (χ3v) is 5.34. The van der Waals surface area contributed by atoms with E-state index >= 15 is 0 Å². The number of fused-ring (bicyclic) bond motifs is 1. The topological polar surface area (TPSA) is 54.0 Å². The van der Waals surface area contributed by atoms with Gasteiger partial charge >= 0.3 is 0 Å². The third kappa shape index (κ3) is 4.75. The SMILES string of the molecule is Cl.O=C(NC1CCCCC1Nc1ccc2ccccc2n1)c1cccc(Cl)c1. The minimum Gasteiger partial charge on any atom is -0.365 e. The number of rotatable bonds is 4. The van der Waals surface area contributed by atoms with Gasteiger partial charge in [-0.05, 0) is 49.2 Å². The molecule has 1 saturated carbocycles. The maximum absolute atomic E-state index is 12.6. The van der Waals surface area contributed by atoms with Crippen LogP contribution in [0.2, 0.25) is 5.02 Å². The summed E-state index contributed by atoms with van der Waals surface area (Å²) in [6, 6.07) is 19.5. The molecule has 2 unspecified atom stereocenters. The molecule has 1 fully saturated rings. The highest BCUT2D eigenvalue weighted by atomic mass is 35.5. The van der Waals surface area contributed by atoms with Crippen molar-refractivity contribution in [2.45, 2.75) is 37.8 Å². The molecule has 0 bridgehead atoms. The second-order valence-corrected chi connectivity index (χ2v) is 7.45. The highest BCUT2D eigenvalue weighted by molar-refractivity contribution is 6.30. The van der Waals surface area contributed by atoms with Crippen molar-refractivity contribution in [1.82, 2.24) is 10.3 Å². The van der Waals surface area contributed by atoms with Gasteiger partial charge in [-0.25, -0.2) is 4.98 Å².